The Kier molecular flexibility index (Phi) is 12.0. The number of hydrogen-bond acceptors (Lipinski definition) is 5. The standard InChI is InChI=1S/C25H37N3O4/c1-5-26-25(27-18-21-8-6-9-23(17-21)31-13-7-12-29-3)28-19-22-11-10-20(2)16-24(22)32-15-14-30-4/h6,8-11,16-17H,5,7,12-15,18-19H2,1-4H3,(H2,26,27,28). The molecule has 0 saturated heterocycles. The van der Waals surface area contributed by atoms with Crippen LogP contribution in [0, 0.1) is 6.92 Å². The maximum Gasteiger partial charge on any atom is 0.191 e. The molecule has 7 heteroatoms. The summed E-state index contributed by atoms with van der Waals surface area (Å²) in [4.78, 5) is 4.73. The van der Waals surface area contributed by atoms with Crippen LogP contribution in [0.1, 0.15) is 30.0 Å². The van der Waals surface area contributed by atoms with Crippen molar-refractivity contribution in [3.63, 3.8) is 0 Å². The lowest BCUT2D eigenvalue weighted by Crippen LogP contribution is -2.36. The molecule has 32 heavy (non-hydrogen) atoms. The minimum Gasteiger partial charge on any atom is -0.493 e. The van der Waals surface area contributed by atoms with Crippen LogP contribution in [0.25, 0.3) is 0 Å². The third-order valence-corrected chi connectivity index (χ3v) is 4.64. The first kappa shape index (κ1) is 25.5. The van der Waals surface area contributed by atoms with Crippen LogP contribution in [0.15, 0.2) is 47.5 Å². The number of aliphatic imine (C=N–C) groups is 1. The summed E-state index contributed by atoms with van der Waals surface area (Å²) in [5.74, 6) is 2.47. The van der Waals surface area contributed by atoms with E-state index >= 15 is 0 Å². The van der Waals surface area contributed by atoms with Crippen molar-refractivity contribution < 1.29 is 18.9 Å². The van der Waals surface area contributed by atoms with E-state index in [-0.39, 0.29) is 0 Å². The molecule has 0 fully saturated rings. The smallest absolute Gasteiger partial charge is 0.191 e. The molecular formula is C25H37N3O4. The number of benzene rings is 2. The summed E-state index contributed by atoms with van der Waals surface area (Å²) in [7, 11) is 3.37. The van der Waals surface area contributed by atoms with Crippen molar-refractivity contribution in [1.29, 1.82) is 0 Å². The molecule has 0 radical (unpaired) electrons. The highest BCUT2D eigenvalue weighted by molar-refractivity contribution is 5.79. The maximum atomic E-state index is 5.89. The second-order valence-corrected chi connectivity index (χ2v) is 7.34. The molecule has 0 bridgehead atoms. The quantitative estimate of drug-likeness (QED) is 0.264. The van der Waals surface area contributed by atoms with Gasteiger partial charge in [0.2, 0.25) is 0 Å². The van der Waals surface area contributed by atoms with E-state index in [9.17, 15) is 0 Å². The molecule has 2 N–H and O–H groups in total. The van der Waals surface area contributed by atoms with Gasteiger partial charge in [-0.2, -0.15) is 0 Å². The molecule has 2 aromatic carbocycles. The Labute approximate surface area is 192 Å². The van der Waals surface area contributed by atoms with Crippen molar-refractivity contribution in [2.24, 2.45) is 4.99 Å². The highest BCUT2D eigenvalue weighted by atomic mass is 16.5. The van der Waals surface area contributed by atoms with Gasteiger partial charge in [0.05, 0.1) is 19.8 Å². The lowest BCUT2D eigenvalue weighted by Gasteiger charge is -2.15. The molecular weight excluding hydrogens is 406 g/mol. The highest BCUT2D eigenvalue weighted by Crippen LogP contribution is 2.20. The van der Waals surface area contributed by atoms with E-state index in [1.165, 1.54) is 0 Å². The molecule has 0 aliphatic carbocycles. The van der Waals surface area contributed by atoms with Gasteiger partial charge in [0.25, 0.3) is 0 Å². The van der Waals surface area contributed by atoms with Crippen LogP contribution in [-0.4, -0.2) is 53.2 Å². The molecule has 0 aliphatic rings. The summed E-state index contributed by atoms with van der Waals surface area (Å²) in [6.45, 7) is 8.45. The molecule has 0 aromatic heterocycles. The number of guanidine groups is 1. The summed E-state index contributed by atoms with van der Waals surface area (Å²) < 4.78 is 21.8. The Balaban J connectivity index is 1.97. The minimum atomic E-state index is 0.519. The van der Waals surface area contributed by atoms with E-state index in [2.05, 4.69) is 48.7 Å². The largest absolute Gasteiger partial charge is 0.493 e. The summed E-state index contributed by atoms with van der Waals surface area (Å²) in [5, 5.41) is 6.71. The van der Waals surface area contributed by atoms with E-state index in [1.807, 2.05) is 18.2 Å². The van der Waals surface area contributed by atoms with Crippen molar-refractivity contribution in [3.8, 4) is 11.5 Å². The van der Waals surface area contributed by atoms with Crippen LogP contribution >= 0.6 is 0 Å². The average Bonchev–Trinajstić information content (AvgIpc) is 2.80. The third kappa shape index (κ3) is 9.58. The van der Waals surface area contributed by atoms with Gasteiger partial charge < -0.3 is 29.6 Å². The van der Waals surface area contributed by atoms with Crippen LogP contribution in [0.2, 0.25) is 0 Å². The summed E-state index contributed by atoms with van der Waals surface area (Å²) >= 11 is 0. The Bertz CT molecular complexity index is 827. The normalized spacial score (nSPS) is 11.3. The SMILES string of the molecule is CCNC(=NCc1cccc(OCCCOC)c1)NCc1ccc(C)cc1OCCOC. The van der Waals surface area contributed by atoms with Crippen molar-refractivity contribution in [2.45, 2.75) is 33.4 Å². The number of hydrogen-bond donors (Lipinski definition) is 2. The van der Waals surface area contributed by atoms with Crippen LogP contribution in [0.5, 0.6) is 11.5 Å². The van der Waals surface area contributed by atoms with E-state index < -0.39 is 0 Å². The highest BCUT2D eigenvalue weighted by Gasteiger charge is 2.06. The molecule has 0 aliphatic heterocycles. The third-order valence-electron chi connectivity index (χ3n) is 4.64. The van der Waals surface area contributed by atoms with Crippen LogP contribution in [-0.2, 0) is 22.6 Å². The van der Waals surface area contributed by atoms with Gasteiger partial charge in [0.15, 0.2) is 5.96 Å². The van der Waals surface area contributed by atoms with Crippen LogP contribution in [0.3, 0.4) is 0 Å². The van der Waals surface area contributed by atoms with Crippen molar-refractivity contribution in [1.82, 2.24) is 10.6 Å². The molecule has 0 saturated carbocycles. The van der Waals surface area contributed by atoms with E-state index in [0.29, 0.717) is 39.5 Å². The number of methoxy groups -OCH3 is 2. The number of ether oxygens (including phenoxy) is 4. The van der Waals surface area contributed by atoms with Gasteiger partial charge in [-0.3, -0.25) is 0 Å². The summed E-state index contributed by atoms with van der Waals surface area (Å²) in [5.41, 5.74) is 3.32. The van der Waals surface area contributed by atoms with Gasteiger partial charge in [-0.05, 0) is 43.2 Å². The van der Waals surface area contributed by atoms with Gasteiger partial charge in [-0.1, -0.05) is 24.3 Å². The van der Waals surface area contributed by atoms with Crippen LogP contribution in [0.4, 0.5) is 0 Å². The Morgan fingerprint density at radius 1 is 0.906 bits per heavy atom. The molecule has 0 unspecified atom stereocenters. The first-order valence-electron chi connectivity index (χ1n) is 11.1. The molecule has 176 valence electrons. The monoisotopic (exact) mass is 443 g/mol. The topological polar surface area (TPSA) is 73.3 Å². The first-order valence-corrected chi connectivity index (χ1v) is 11.1. The van der Waals surface area contributed by atoms with Gasteiger partial charge in [-0.15, -0.1) is 0 Å². The predicted octanol–water partition coefficient (Wildman–Crippen LogP) is 3.69. The first-order chi connectivity index (χ1) is 15.7. The molecule has 0 heterocycles. The molecule has 2 rings (SSSR count). The van der Waals surface area contributed by atoms with E-state index in [4.69, 9.17) is 23.9 Å². The Hall–Kier alpha value is -2.77. The van der Waals surface area contributed by atoms with Gasteiger partial charge >= 0.3 is 0 Å². The fraction of sp³-hybridized carbons (Fsp3) is 0.480. The van der Waals surface area contributed by atoms with E-state index in [1.54, 1.807) is 14.2 Å². The second-order valence-electron chi connectivity index (χ2n) is 7.34. The summed E-state index contributed by atoms with van der Waals surface area (Å²) in [6.07, 6.45) is 0.865. The number of rotatable bonds is 14. The zero-order valence-corrected chi connectivity index (χ0v) is 19.8. The van der Waals surface area contributed by atoms with Gasteiger partial charge in [0.1, 0.15) is 18.1 Å². The molecule has 0 amide bonds. The number of nitrogens with one attached hydrogen (secondary N) is 2. The van der Waals surface area contributed by atoms with E-state index in [0.717, 1.165) is 47.1 Å². The molecule has 0 spiro atoms. The summed E-state index contributed by atoms with van der Waals surface area (Å²) in [6, 6.07) is 14.3. The van der Waals surface area contributed by atoms with Crippen molar-refractivity contribution in [2.75, 3.05) is 47.2 Å². The van der Waals surface area contributed by atoms with Crippen molar-refractivity contribution in [3.05, 3.63) is 59.2 Å². The second kappa shape index (κ2) is 15.1. The van der Waals surface area contributed by atoms with Gasteiger partial charge in [-0.25, -0.2) is 4.99 Å². The fourth-order valence-corrected chi connectivity index (χ4v) is 3.00. The van der Waals surface area contributed by atoms with Gasteiger partial charge in [0, 0.05) is 45.9 Å². The fourth-order valence-electron chi connectivity index (χ4n) is 3.00. The number of aryl methyl sites for hydroxylation is 1. The molecule has 2 aromatic rings. The zero-order valence-electron chi connectivity index (χ0n) is 19.8. The Morgan fingerprint density at radius 3 is 2.53 bits per heavy atom. The lowest BCUT2D eigenvalue weighted by molar-refractivity contribution is 0.145. The number of nitrogens with zero attached hydrogens (tertiary/aromatic N) is 1. The van der Waals surface area contributed by atoms with Crippen molar-refractivity contribution >= 4 is 5.96 Å². The molecule has 7 nitrogen and oxygen atoms in total. The average molecular weight is 444 g/mol. The lowest BCUT2D eigenvalue weighted by atomic mass is 10.1. The predicted molar refractivity (Wildman–Crippen MR) is 129 cm³/mol. The molecule has 0 atom stereocenters. The minimum absolute atomic E-state index is 0.519. The Morgan fingerprint density at radius 2 is 1.75 bits per heavy atom. The van der Waals surface area contributed by atoms with Crippen LogP contribution < -0.4 is 20.1 Å². The zero-order chi connectivity index (χ0) is 23.0. The maximum absolute atomic E-state index is 5.89.